The average molecular weight is 255 g/mol. The maximum absolute atomic E-state index is 6.33. The van der Waals surface area contributed by atoms with Crippen LogP contribution in [0.1, 0.15) is 40.8 Å². The predicted octanol–water partition coefficient (Wildman–Crippen LogP) is 3.26. The molecular formula is C16H21N3. The highest BCUT2D eigenvalue weighted by Crippen LogP contribution is 2.30. The summed E-state index contributed by atoms with van der Waals surface area (Å²) < 4.78 is 1.96. The lowest BCUT2D eigenvalue weighted by Crippen LogP contribution is -2.07. The van der Waals surface area contributed by atoms with Crippen LogP contribution in [0.2, 0.25) is 0 Å². The van der Waals surface area contributed by atoms with Crippen molar-refractivity contribution in [2.45, 2.75) is 46.5 Å². The van der Waals surface area contributed by atoms with E-state index >= 15 is 0 Å². The number of anilines is 1. The van der Waals surface area contributed by atoms with Gasteiger partial charge in [-0.25, -0.2) is 4.68 Å². The molecule has 0 atom stereocenters. The van der Waals surface area contributed by atoms with Crippen LogP contribution in [0.3, 0.4) is 0 Å². The minimum Gasteiger partial charge on any atom is -0.383 e. The number of nitrogen functional groups attached to an aromatic ring is 1. The molecule has 0 fully saturated rings. The van der Waals surface area contributed by atoms with Crippen LogP contribution in [0.25, 0.3) is 5.69 Å². The maximum atomic E-state index is 6.33. The SMILES string of the molecule is Cc1cc(C)c(-n2nc3c(c2N)CCCC3)c(C)c1. The molecular weight excluding hydrogens is 234 g/mol. The van der Waals surface area contributed by atoms with Crippen molar-refractivity contribution in [3.63, 3.8) is 0 Å². The van der Waals surface area contributed by atoms with Gasteiger partial charge in [0.25, 0.3) is 0 Å². The smallest absolute Gasteiger partial charge is 0.130 e. The molecule has 0 saturated heterocycles. The van der Waals surface area contributed by atoms with Crippen LogP contribution in [0.4, 0.5) is 5.82 Å². The Morgan fingerprint density at radius 2 is 1.68 bits per heavy atom. The highest BCUT2D eigenvalue weighted by atomic mass is 15.3. The van der Waals surface area contributed by atoms with E-state index in [1.165, 1.54) is 40.8 Å². The summed E-state index contributed by atoms with van der Waals surface area (Å²) in [5, 5.41) is 4.76. The molecule has 1 aromatic carbocycles. The van der Waals surface area contributed by atoms with Crippen LogP contribution in [0, 0.1) is 20.8 Å². The first kappa shape index (κ1) is 12.3. The standard InChI is InChI=1S/C16H21N3/c1-10-8-11(2)15(12(3)9-10)19-16(17)13-6-4-5-7-14(13)18-19/h8-9H,4-7,17H2,1-3H3. The van der Waals surface area contributed by atoms with Gasteiger partial charge < -0.3 is 5.73 Å². The Kier molecular flexibility index (Phi) is 2.85. The van der Waals surface area contributed by atoms with Crippen LogP contribution < -0.4 is 5.73 Å². The largest absolute Gasteiger partial charge is 0.383 e. The normalized spacial score (nSPS) is 14.5. The number of rotatable bonds is 1. The molecule has 1 heterocycles. The molecule has 0 saturated carbocycles. The number of hydrogen-bond donors (Lipinski definition) is 1. The third-order valence-electron chi connectivity index (χ3n) is 4.04. The van der Waals surface area contributed by atoms with Gasteiger partial charge in [0.05, 0.1) is 11.4 Å². The topological polar surface area (TPSA) is 43.8 Å². The van der Waals surface area contributed by atoms with E-state index in [0.29, 0.717) is 0 Å². The Balaban J connectivity index is 2.20. The van der Waals surface area contributed by atoms with Crippen molar-refractivity contribution in [2.75, 3.05) is 5.73 Å². The molecule has 3 heteroatoms. The maximum Gasteiger partial charge on any atom is 0.130 e. The zero-order valence-corrected chi connectivity index (χ0v) is 12.0. The Labute approximate surface area is 114 Å². The van der Waals surface area contributed by atoms with E-state index in [0.717, 1.165) is 24.3 Å². The summed E-state index contributed by atoms with van der Waals surface area (Å²) in [5.74, 6) is 0.838. The van der Waals surface area contributed by atoms with Crippen LogP contribution >= 0.6 is 0 Å². The first-order chi connectivity index (χ1) is 9.08. The van der Waals surface area contributed by atoms with E-state index in [2.05, 4.69) is 32.9 Å². The van der Waals surface area contributed by atoms with Gasteiger partial charge in [0, 0.05) is 5.56 Å². The molecule has 1 aliphatic carbocycles. The lowest BCUT2D eigenvalue weighted by atomic mass is 9.98. The summed E-state index contributed by atoms with van der Waals surface area (Å²) in [4.78, 5) is 0. The molecule has 2 aromatic rings. The minimum atomic E-state index is 0.838. The van der Waals surface area contributed by atoms with Gasteiger partial charge >= 0.3 is 0 Å². The molecule has 0 spiro atoms. The molecule has 0 unspecified atom stereocenters. The van der Waals surface area contributed by atoms with Crippen molar-refractivity contribution in [2.24, 2.45) is 0 Å². The summed E-state index contributed by atoms with van der Waals surface area (Å²) in [6, 6.07) is 4.39. The van der Waals surface area contributed by atoms with Crippen molar-refractivity contribution in [1.29, 1.82) is 0 Å². The van der Waals surface area contributed by atoms with E-state index in [9.17, 15) is 0 Å². The van der Waals surface area contributed by atoms with Gasteiger partial charge in [0.1, 0.15) is 5.82 Å². The number of aromatic nitrogens is 2. The van der Waals surface area contributed by atoms with Crippen molar-refractivity contribution >= 4 is 5.82 Å². The third kappa shape index (κ3) is 1.93. The van der Waals surface area contributed by atoms with Gasteiger partial charge in [-0.3, -0.25) is 0 Å². The van der Waals surface area contributed by atoms with Crippen molar-refractivity contribution < 1.29 is 0 Å². The molecule has 19 heavy (non-hydrogen) atoms. The fraction of sp³-hybridized carbons (Fsp3) is 0.438. The van der Waals surface area contributed by atoms with E-state index < -0.39 is 0 Å². The lowest BCUT2D eigenvalue weighted by Gasteiger charge is -2.13. The van der Waals surface area contributed by atoms with Crippen LogP contribution in [0.5, 0.6) is 0 Å². The number of benzene rings is 1. The molecule has 3 rings (SSSR count). The summed E-state index contributed by atoms with van der Waals surface area (Å²) in [5.41, 5.74) is 13.7. The summed E-state index contributed by atoms with van der Waals surface area (Å²) in [6.45, 7) is 6.39. The Morgan fingerprint density at radius 1 is 1.05 bits per heavy atom. The molecule has 0 amide bonds. The summed E-state index contributed by atoms with van der Waals surface area (Å²) in [7, 11) is 0. The first-order valence-corrected chi connectivity index (χ1v) is 7.02. The zero-order valence-electron chi connectivity index (χ0n) is 12.0. The monoisotopic (exact) mass is 255 g/mol. The second-order valence-corrected chi connectivity index (χ2v) is 5.68. The predicted molar refractivity (Wildman–Crippen MR) is 78.8 cm³/mol. The van der Waals surface area contributed by atoms with E-state index in [1.807, 2.05) is 4.68 Å². The third-order valence-corrected chi connectivity index (χ3v) is 4.04. The van der Waals surface area contributed by atoms with Crippen LogP contribution in [-0.2, 0) is 12.8 Å². The molecule has 0 bridgehead atoms. The number of fused-ring (bicyclic) bond motifs is 1. The Bertz CT molecular complexity index is 615. The van der Waals surface area contributed by atoms with Crippen molar-refractivity contribution in [3.05, 3.63) is 40.1 Å². The molecule has 2 N–H and O–H groups in total. The molecule has 100 valence electrons. The van der Waals surface area contributed by atoms with E-state index in [1.54, 1.807) is 0 Å². The van der Waals surface area contributed by atoms with Crippen molar-refractivity contribution in [1.82, 2.24) is 9.78 Å². The molecule has 3 nitrogen and oxygen atoms in total. The van der Waals surface area contributed by atoms with Gasteiger partial charge in [0.15, 0.2) is 0 Å². The number of nitrogens with zero attached hydrogens (tertiary/aromatic N) is 2. The van der Waals surface area contributed by atoms with Crippen LogP contribution in [-0.4, -0.2) is 9.78 Å². The lowest BCUT2D eigenvalue weighted by molar-refractivity contribution is 0.671. The highest BCUT2D eigenvalue weighted by Gasteiger charge is 2.20. The molecule has 0 aliphatic heterocycles. The quantitative estimate of drug-likeness (QED) is 0.850. The van der Waals surface area contributed by atoms with Gasteiger partial charge in [-0.2, -0.15) is 5.10 Å². The van der Waals surface area contributed by atoms with E-state index in [-0.39, 0.29) is 0 Å². The number of nitrogens with two attached hydrogens (primary N) is 1. The second kappa shape index (κ2) is 4.41. The van der Waals surface area contributed by atoms with E-state index in [4.69, 9.17) is 10.8 Å². The van der Waals surface area contributed by atoms with Crippen molar-refractivity contribution in [3.8, 4) is 5.69 Å². The molecule has 1 aromatic heterocycles. The fourth-order valence-corrected chi connectivity index (χ4v) is 3.26. The molecule has 1 aliphatic rings. The van der Waals surface area contributed by atoms with Gasteiger partial charge in [-0.1, -0.05) is 17.7 Å². The Morgan fingerprint density at radius 3 is 2.32 bits per heavy atom. The first-order valence-electron chi connectivity index (χ1n) is 7.02. The second-order valence-electron chi connectivity index (χ2n) is 5.68. The summed E-state index contributed by atoms with van der Waals surface area (Å²) >= 11 is 0. The zero-order chi connectivity index (χ0) is 13.6. The number of aryl methyl sites for hydroxylation is 4. The highest BCUT2D eigenvalue weighted by molar-refractivity contribution is 5.56. The average Bonchev–Trinajstić information content (AvgIpc) is 2.66. The summed E-state index contributed by atoms with van der Waals surface area (Å²) in [6.07, 6.45) is 4.60. The minimum absolute atomic E-state index is 0.838. The number of hydrogen-bond acceptors (Lipinski definition) is 2. The van der Waals surface area contributed by atoms with Crippen LogP contribution in [0.15, 0.2) is 12.1 Å². The Hall–Kier alpha value is -1.77. The fourth-order valence-electron chi connectivity index (χ4n) is 3.26. The van der Waals surface area contributed by atoms with Gasteiger partial charge in [-0.05, 0) is 57.6 Å². The van der Waals surface area contributed by atoms with Gasteiger partial charge in [0.2, 0.25) is 0 Å². The molecule has 0 radical (unpaired) electrons. The van der Waals surface area contributed by atoms with Gasteiger partial charge in [-0.15, -0.1) is 0 Å².